The van der Waals surface area contributed by atoms with E-state index in [4.69, 9.17) is 0 Å². The Hall–Kier alpha value is -2.03. The van der Waals surface area contributed by atoms with Crippen molar-refractivity contribution in [3.05, 3.63) is 65.2 Å². The molecule has 0 bridgehead atoms. The molecule has 0 radical (unpaired) electrons. The largest absolute Gasteiger partial charge is 0.378 e. The van der Waals surface area contributed by atoms with Crippen molar-refractivity contribution in [2.45, 2.75) is 25.6 Å². The number of benzene rings is 2. The van der Waals surface area contributed by atoms with Gasteiger partial charge in [0, 0.05) is 6.07 Å². The Morgan fingerprint density at radius 3 is 2.58 bits per heavy atom. The van der Waals surface area contributed by atoms with E-state index in [9.17, 15) is 22.3 Å². The normalized spacial score (nSPS) is 20.7. The van der Waals surface area contributed by atoms with Crippen molar-refractivity contribution in [3.63, 3.8) is 0 Å². The fraction of sp³-hybridized carbons (Fsp3) is 0.333. The summed E-state index contributed by atoms with van der Waals surface area (Å²) in [4.78, 5) is 0. The lowest BCUT2D eigenvalue weighted by atomic mass is 9.98. The Morgan fingerprint density at radius 2 is 1.88 bits per heavy atom. The number of para-hydroxylation sites is 1. The molecule has 3 N–H and O–H groups in total. The Morgan fingerprint density at radius 1 is 1.23 bits per heavy atom. The third kappa shape index (κ3) is 4.38. The standard InChI is InChI=1S/C18H20F2N2O3S/c1-11(6-12-7-13(19)9-14(20)8-12)18(23)21-17-10-26(24,25)22-16-5-3-2-4-15(16)17/h2-5,7-9,11,17-18,21-23H,6,10H2,1H3/t11-,17?,18+/m0/s1. The Labute approximate surface area is 151 Å². The van der Waals surface area contributed by atoms with Gasteiger partial charge in [-0.3, -0.25) is 10.0 Å². The molecular weight excluding hydrogens is 362 g/mol. The van der Waals surface area contributed by atoms with E-state index in [1.165, 1.54) is 12.1 Å². The first-order chi connectivity index (χ1) is 12.2. The lowest BCUT2D eigenvalue weighted by Gasteiger charge is -2.31. The van der Waals surface area contributed by atoms with Crippen LogP contribution in [-0.4, -0.2) is 25.5 Å². The van der Waals surface area contributed by atoms with Crippen LogP contribution in [0.25, 0.3) is 0 Å². The van der Waals surface area contributed by atoms with E-state index in [2.05, 4.69) is 10.0 Å². The van der Waals surface area contributed by atoms with Gasteiger partial charge in [0.05, 0.1) is 17.5 Å². The summed E-state index contributed by atoms with van der Waals surface area (Å²) in [6.45, 7) is 1.72. The van der Waals surface area contributed by atoms with Crippen LogP contribution in [0.15, 0.2) is 42.5 Å². The topological polar surface area (TPSA) is 78.4 Å². The first-order valence-electron chi connectivity index (χ1n) is 8.22. The second kappa shape index (κ2) is 7.30. The van der Waals surface area contributed by atoms with Crippen LogP contribution in [0.2, 0.25) is 0 Å². The highest BCUT2D eigenvalue weighted by Gasteiger charge is 2.31. The summed E-state index contributed by atoms with van der Waals surface area (Å²) in [5.41, 5.74) is 1.64. The summed E-state index contributed by atoms with van der Waals surface area (Å²) in [5.74, 6) is -1.94. The van der Waals surface area contributed by atoms with Gasteiger partial charge in [0.2, 0.25) is 10.0 Å². The molecule has 2 aromatic carbocycles. The highest BCUT2D eigenvalue weighted by atomic mass is 32.2. The lowest BCUT2D eigenvalue weighted by Crippen LogP contribution is -2.43. The van der Waals surface area contributed by atoms with Crippen LogP contribution in [0.1, 0.15) is 24.1 Å². The Kier molecular flexibility index (Phi) is 5.27. The summed E-state index contributed by atoms with van der Waals surface area (Å²) in [7, 11) is -3.51. The molecule has 0 spiro atoms. The van der Waals surface area contributed by atoms with E-state index in [0.717, 1.165) is 11.6 Å². The van der Waals surface area contributed by atoms with E-state index in [-0.39, 0.29) is 18.1 Å². The minimum Gasteiger partial charge on any atom is -0.378 e. The molecule has 2 aromatic rings. The molecule has 140 valence electrons. The number of hydrogen-bond donors (Lipinski definition) is 3. The molecule has 26 heavy (non-hydrogen) atoms. The van der Waals surface area contributed by atoms with Crippen molar-refractivity contribution in [2.75, 3.05) is 10.5 Å². The van der Waals surface area contributed by atoms with Crippen molar-refractivity contribution >= 4 is 15.7 Å². The summed E-state index contributed by atoms with van der Waals surface area (Å²) >= 11 is 0. The molecule has 1 aliphatic heterocycles. The molecule has 0 fully saturated rings. The van der Waals surface area contributed by atoms with Crippen LogP contribution in [0.3, 0.4) is 0 Å². The third-order valence-electron chi connectivity index (χ3n) is 4.38. The van der Waals surface area contributed by atoms with Crippen molar-refractivity contribution in [3.8, 4) is 0 Å². The average molecular weight is 382 g/mol. The van der Waals surface area contributed by atoms with Gasteiger partial charge in [-0.05, 0) is 41.7 Å². The zero-order chi connectivity index (χ0) is 18.9. The molecule has 0 aliphatic carbocycles. The predicted octanol–water partition coefficient (Wildman–Crippen LogP) is 2.55. The minimum atomic E-state index is -3.51. The maximum Gasteiger partial charge on any atom is 0.234 e. The zero-order valence-electron chi connectivity index (χ0n) is 14.1. The maximum absolute atomic E-state index is 13.3. The van der Waals surface area contributed by atoms with E-state index in [1.807, 2.05) is 0 Å². The van der Waals surface area contributed by atoms with Gasteiger partial charge in [0.15, 0.2) is 0 Å². The van der Waals surface area contributed by atoms with Gasteiger partial charge in [-0.15, -0.1) is 0 Å². The maximum atomic E-state index is 13.3. The van der Waals surface area contributed by atoms with Crippen LogP contribution in [-0.2, 0) is 16.4 Å². The fourth-order valence-corrected chi connectivity index (χ4v) is 4.45. The second-order valence-electron chi connectivity index (χ2n) is 6.59. The number of hydrogen-bond acceptors (Lipinski definition) is 4. The number of aliphatic hydroxyl groups is 1. The molecule has 0 aromatic heterocycles. The molecule has 8 heteroatoms. The first kappa shape index (κ1) is 18.8. The van der Waals surface area contributed by atoms with E-state index >= 15 is 0 Å². The van der Waals surface area contributed by atoms with E-state index in [0.29, 0.717) is 11.3 Å². The summed E-state index contributed by atoms with van der Waals surface area (Å²) in [6, 6.07) is 9.60. The van der Waals surface area contributed by atoms with Crippen LogP contribution < -0.4 is 10.0 Å². The third-order valence-corrected chi connectivity index (χ3v) is 5.68. The molecule has 0 amide bonds. The molecule has 5 nitrogen and oxygen atoms in total. The molecule has 0 saturated carbocycles. The predicted molar refractivity (Wildman–Crippen MR) is 95.0 cm³/mol. The first-order valence-corrected chi connectivity index (χ1v) is 9.87. The lowest BCUT2D eigenvalue weighted by molar-refractivity contribution is 0.0724. The molecular formula is C18H20F2N2O3S. The minimum absolute atomic E-state index is 0.206. The van der Waals surface area contributed by atoms with Crippen LogP contribution in [0, 0.1) is 17.6 Å². The zero-order valence-corrected chi connectivity index (χ0v) is 14.9. The van der Waals surface area contributed by atoms with Crippen LogP contribution in [0.5, 0.6) is 0 Å². The van der Waals surface area contributed by atoms with Gasteiger partial charge in [-0.2, -0.15) is 0 Å². The molecule has 3 atom stereocenters. The second-order valence-corrected chi connectivity index (χ2v) is 8.36. The van der Waals surface area contributed by atoms with Gasteiger partial charge >= 0.3 is 0 Å². The van der Waals surface area contributed by atoms with Crippen molar-refractivity contribution in [1.82, 2.24) is 5.32 Å². The number of aliphatic hydroxyl groups excluding tert-OH is 1. The molecule has 1 aliphatic rings. The number of anilines is 1. The summed E-state index contributed by atoms with van der Waals surface area (Å²) < 4.78 is 53.2. The van der Waals surface area contributed by atoms with Gasteiger partial charge in [0.25, 0.3) is 0 Å². The highest BCUT2D eigenvalue weighted by molar-refractivity contribution is 7.92. The molecule has 3 rings (SSSR count). The SMILES string of the molecule is C[C@@H](Cc1cc(F)cc(F)c1)[C@@H](O)NC1CS(=O)(=O)Nc2ccccc21. The molecule has 1 heterocycles. The van der Waals surface area contributed by atoms with E-state index < -0.39 is 33.9 Å². The van der Waals surface area contributed by atoms with Crippen LogP contribution >= 0.6 is 0 Å². The Bertz CT molecular complexity index is 885. The van der Waals surface area contributed by atoms with Gasteiger partial charge in [-0.1, -0.05) is 25.1 Å². The van der Waals surface area contributed by atoms with Gasteiger partial charge in [-0.25, -0.2) is 17.2 Å². The summed E-state index contributed by atoms with van der Waals surface area (Å²) in [5, 5.41) is 13.4. The number of sulfonamides is 1. The number of halogens is 2. The molecule has 1 unspecified atom stereocenters. The number of fused-ring (bicyclic) bond motifs is 1. The van der Waals surface area contributed by atoms with Crippen molar-refractivity contribution < 1.29 is 22.3 Å². The monoisotopic (exact) mass is 382 g/mol. The quantitative estimate of drug-likeness (QED) is 0.695. The summed E-state index contributed by atoms with van der Waals surface area (Å²) in [6.07, 6.45) is -0.810. The number of nitrogens with one attached hydrogen (secondary N) is 2. The fourth-order valence-electron chi connectivity index (χ4n) is 3.13. The van der Waals surface area contributed by atoms with Gasteiger partial charge < -0.3 is 5.11 Å². The Balaban J connectivity index is 1.73. The van der Waals surface area contributed by atoms with Crippen LogP contribution in [0.4, 0.5) is 14.5 Å². The van der Waals surface area contributed by atoms with E-state index in [1.54, 1.807) is 31.2 Å². The highest BCUT2D eigenvalue weighted by Crippen LogP contribution is 2.30. The molecule has 0 saturated heterocycles. The number of rotatable bonds is 5. The van der Waals surface area contributed by atoms with Gasteiger partial charge in [0.1, 0.15) is 17.9 Å². The average Bonchev–Trinajstić information content (AvgIpc) is 2.52. The van der Waals surface area contributed by atoms with Crippen molar-refractivity contribution in [2.24, 2.45) is 5.92 Å². The van der Waals surface area contributed by atoms with Crippen molar-refractivity contribution in [1.29, 1.82) is 0 Å². The smallest absolute Gasteiger partial charge is 0.234 e.